The Kier molecular flexibility index (Phi) is 4.80. The van der Waals surface area contributed by atoms with Gasteiger partial charge in [-0.05, 0) is 56.7 Å². The van der Waals surface area contributed by atoms with Gasteiger partial charge in [-0.1, -0.05) is 18.2 Å². The second kappa shape index (κ2) is 7.43. The predicted octanol–water partition coefficient (Wildman–Crippen LogP) is 3.74. The van der Waals surface area contributed by atoms with Gasteiger partial charge in [-0.25, -0.2) is 15.0 Å². The van der Waals surface area contributed by atoms with Crippen LogP contribution in [0.1, 0.15) is 18.3 Å². The molecule has 1 unspecified atom stereocenters. The van der Waals surface area contributed by atoms with Gasteiger partial charge in [-0.3, -0.25) is 0 Å². The van der Waals surface area contributed by atoms with Gasteiger partial charge >= 0.3 is 0 Å². The SMILES string of the molecule is Cc1ccccc1OC(C)Cn1c(C)nc2ccc(-c3cc(N)nc(N)c3)nc21. The molecule has 0 radical (unpaired) electrons. The Morgan fingerprint density at radius 3 is 2.41 bits per heavy atom. The Labute approximate surface area is 169 Å². The van der Waals surface area contributed by atoms with Gasteiger partial charge < -0.3 is 20.8 Å². The maximum atomic E-state index is 6.15. The van der Waals surface area contributed by atoms with E-state index in [1.54, 1.807) is 12.1 Å². The summed E-state index contributed by atoms with van der Waals surface area (Å²) in [4.78, 5) is 13.5. The molecule has 0 aliphatic heterocycles. The molecule has 3 heterocycles. The maximum absolute atomic E-state index is 6.15. The minimum Gasteiger partial charge on any atom is -0.489 e. The van der Waals surface area contributed by atoms with Crippen LogP contribution in [0.3, 0.4) is 0 Å². The molecule has 3 aromatic heterocycles. The molecule has 0 aliphatic rings. The predicted molar refractivity (Wildman–Crippen MR) is 116 cm³/mol. The Morgan fingerprint density at radius 1 is 0.966 bits per heavy atom. The van der Waals surface area contributed by atoms with E-state index < -0.39 is 0 Å². The number of benzene rings is 1. The third kappa shape index (κ3) is 3.85. The number of nitrogens with two attached hydrogens (primary N) is 2. The summed E-state index contributed by atoms with van der Waals surface area (Å²) in [6, 6.07) is 15.4. The summed E-state index contributed by atoms with van der Waals surface area (Å²) in [6.07, 6.45) is -0.0510. The smallest absolute Gasteiger partial charge is 0.160 e. The van der Waals surface area contributed by atoms with Crippen molar-refractivity contribution in [1.82, 2.24) is 19.5 Å². The molecule has 4 aromatic rings. The molecule has 4 N–H and O–H groups in total. The van der Waals surface area contributed by atoms with Crippen molar-refractivity contribution in [2.45, 2.75) is 33.4 Å². The number of hydrogen-bond acceptors (Lipinski definition) is 6. The van der Waals surface area contributed by atoms with E-state index in [9.17, 15) is 0 Å². The molecule has 0 amide bonds. The average molecular weight is 388 g/mol. The molecule has 4 rings (SSSR count). The van der Waals surface area contributed by atoms with Crippen LogP contribution in [0.25, 0.3) is 22.4 Å². The fourth-order valence-electron chi connectivity index (χ4n) is 3.42. The van der Waals surface area contributed by atoms with E-state index >= 15 is 0 Å². The first-order valence-corrected chi connectivity index (χ1v) is 9.50. The monoisotopic (exact) mass is 388 g/mol. The number of nitrogen functional groups attached to an aromatic ring is 2. The van der Waals surface area contributed by atoms with Crippen LogP contribution in [0.2, 0.25) is 0 Å². The van der Waals surface area contributed by atoms with Crippen LogP contribution in [0.4, 0.5) is 11.6 Å². The minimum atomic E-state index is -0.0510. The standard InChI is InChI=1S/C22H24N6O/c1-13-6-4-5-7-19(13)29-14(2)12-28-15(3)25-18-9-8-17(26-22(18)28)16-10-20(23)27-21(24)11-16/h4-11,14H,12H2,1-3H3,(H4,23,24,27). The van der Waals surface area contributed by atoms with Crippen LogP contribution in [0.15, 0.2) is 48.5 Å². The number of pyridine rings is 2. The molecule has 1 aromatic carbocycles. The Bertz CT molecular complexity index is 1160. The molecule has 7 nitrogen and oxygen atoms in total. The van der Waals surface area contributed by atoms with Crippen molar-refractivity contribution in [2.75, 3.05) is 11.5 Å². The van der Waals surface area contributed by atoms with Gasteiger partial charge in [0.1, 0.15) is 34.8 Å². The molecule has 0 aliphatic carbocycles. The van der Waals surface area contributed by atoms with E-state index in [1.807, 2.05) is 57.2 Å². The number of nitrogens with zero attached hydrogens (tertiary/aromatic N) is 4. The number of aryl methyl sites for hydroxylation is 2. The summed E-state index contributed by atoms with van der Waals surface area (Å²) >= 11 is 0. The van der Waals surface area contributed by atoms with Gasteiger partial charge in [0.05, 0.1) is 12.2 Å². The summed E-state index contributed by atoms with van der Waals surface area (Å²) in [5.74, 6) is 2.51. The fraction of sp³-hybridized carbons (Fsp3) is 0.227. The van der Waals surface area contributed by atoms with Crippen LogP contribution in [-0.2, 0) is 6.54 Å². The summed E-state index contributed by atoms with van der Waals surface area (Å²) in [7, 11) is 0. The third-order valence-electron chi connectivity index (χ3n) is 4.81. The van der Waals surface area contributed by atoms with Crippen LogP contribution in [0.5, 0.6) is 5.75 Å². The number of rotatable bonds is 5. The Morgan fingerprint density at radius 2 is 1.69 bits per heavy atom. The number of anilines is 2. The zero-order valence-electron chi connectivity index (χ0n) is 16.8. The second-order valence-corrected chi connectivity index (χ2v) is 7.21. The lowest BCUT2D eigenvalue weighted by molar-refractivity contribution is 0.198. The molecule has 0 bridgehead atoms. The summed E-state index contributed by atoms with van der Waals surface area (Å²) in [5, 5.41) is 0. The highest BCUT2D eigenvalue weighted by Gasteiger charge is 2.15. The van der Waals surface area contributed by atoms with E-state index in [2.05, 4.69) is 14.5 Å². The first kappa shape index (κ1) is 18.7. The van der Waals surface area contributed by atoms with Gasteiger partial charge in [0.2, 0.25) is 0 Å². The van der Waals surface area contributed by atoms with Gasteiger partial charge in [-0.2, -0.15) is 0 Å². The lowest BCUT2D eigenvalue weighted by atomic mass is 10.1. The minimum absolute atomic E-state index is 0.0510. The first-order valence-electron chi connectivity index (χ1n) is 9.50. The highest BCUT2D eigenvalue weighted by molar-refractivity contribution is 5.77. The Balaban J connectivity index is 1.67. The van der Waals surface area contributed by atoms with Crippen molar-refractivity contribution in [3.63, 3.8) is 0 Å². The number of fused-ring (bicyclic) bond motifs is 1. The van der Waals surface area contributed by atoms with Crippen molar-refractivity contribution in [2.24, 2.45) is 0 Å². The van der Waals surface area contributed by atoms with Crippen LogP contribution in [-0.4, -0.2) is 25.6 Å². The highest BCUT2D eigenvalue weighted by Crippen LogP contribution is 2.25. The zero-order chi connectivity index (χ0) is 20.5. The molecule has 7 heteroatoms. The average Bonchev–Trinajstić information content (AvgIpc) is 2.97. The fourth-order valence-corrected chi connectivity index (χ4v) is 3.42. The van der Waals surface area contributed by atoms with Crippen molar-refractivity contribution in [3.05, 3.63) is 59.9 Å². The van der Waals surface area contributed by atoms with Crippen molar-refractivity contribution in [1.29, 1.82) is 0 Å². The van der Waals surface area contributed by atoms with E-state index in [0.717, 1.165) is 39.6 Å². The van der Waals surface area contributed by atoms with E-state index in [-0.39, 0.29) is 6.10 Å². The lowest BCUT2D eigenvalue weighted by Gasteiger charge is -2.18. The molecule has 0 fully saturated rings. The normalized spacial score (nSPS) is 12.2. The molecule has 0 spiro atoms. The summed E-state index contributed by atoms with van der Waals surface area (Å²) in [6.45, 7) is 6.70. The van der Waals surface area contributed by atoms with E-state index in [1.165, 1.54) is 0 Å². The molecular formula is C22H24N6O. The first-order chi connectivity index (χ1) is 13.9. The topological polar surface area (TPSA) is 105 Å². The number of para-hydroxylation sites is 1. The van der Waals surface area contributed by atoms with Crippen molar-refractivity contribution < 1.29 is 4.74 Å². The maximum Gasteiger partial charge on any atom is 0.160 e. The third-order valence-corrected chi connectivity index (χ3v) is 4.81. The van der Waals surface area contributed by atoms with Gasteiger partial charge in [0.25, 0.3) is 0 Å². The number of aromatic nitrogens is 4. The highest BCUT2D eigenvalue weighted by atomic mass is 16.5. The van der Waals surface area contributed by atoms with Crippen LogP contribution < -0.4 is 16.2 Å². The quantitative estimate of drug-likeness (QED) is 0.539. The Hall–Kier alpha value is -3.61. The molecule has 29 heavy (non-hydrogen) atoms. The van der Waals surface area contributed by atoms with Gasteiger partial charge in [-0.15, -0.1) is 0 Å². The molecule has 0 saturated heterocycles. The lowest BCUT2D eigenvalue weighted by Crippen LogP contribution is -2.21. The van der Waals surface area contributed by atoms with Gasteiger partial charge in [0.15, 0.2) is 5.65 Å². The number of imidazole rings is 1. The summed E-state index contributed by atoms with van der Waals surface area (Å²) < 4.78 is 8.23. The van der Waals surface area contributed by atoms with E-state index in [0.29, 0.717) is 18.2 Å². The molecule has 1 atom stereocenters. The molecule has 0 saturated carbocycles. The van der Waals surface area contributed by atoms with Gasteiger partial charge in [0, 0.05) is 5.56 Å². The largest absolute Gasteiger partial charge is 0.489 e. The number of hydrogen-bond donors (Lipinski definition) is 2. The number of ether oxygens (including phenoxy) is 1. The molecular weight excluding hydrogens is 364 g/mol. The molecule has 148 valence electrons. The zero-order valence-corrected chi connectivity index (χ0v) is 16.8. The summed E-state index contributed by atoms with van der Waals surface area (Å²) in [5.41, 5.74) is 16.0. The van der Waals surface area contributed by atoms with Crippen molar-refractivity contribution in [3.8, 4) is 17.0 Å². The van der Waals surface area contributed by atoms with E-state index in [4.69, 9.17) is 21.2 Å². The van der Waals surface area contributed by atoms with Crippen LogP contribution in [0, 0.1) is 13.8 Å². The van der Waals surface area contributed by atoms with Crippen LogP contribution >= 0.6 is 0 Å². The van der Waals surface area contributed by atoms with Crippen molar-refractivity contribution >= 4 is 22.8 Å². The second-order valence-electron chi connectivity index (χ2n) is 7.21.